The second-order valence-electron chi connectivity index (χ2n) is 35.4. The van der Waals surface area contributed by atoms with E-state index in [1.807, 2.05) is 303 Å². The van der Waals surface area contributed by atoms with Crippen molar-refractivity contribution >= 4 is 104 Å². The highest BCUT2D eigenvalue weighted by Crippen LogP contribution is 2.46. The Bertz CT molecular complexity index is 7060. The molecule has 1 amide bonds. The molecule has 18 aromatic rings. The van der Waals surface area contributed by atoms with Gasteiger partial charge in [0.05, 0.1) is 74.1 Å². The summed E-state index contributed by atoms with van der Waals surface area (Å²) in [5, 5.41) is 57.1. The number of rotatable bonds is 26. The fourth-order valence-corrected chi connectivity index (χ4v) is 19.4. The first-order valence-electron chi connectivity index (χ1n) is 46.1. The van der Waals surface area contributed by atoms with E-state index in [4.69, 9.17) is 54.2 Å². The highest BCUT2D eigenvalue weighted by molar-refractivity contribution is 8.01. The Kier molecular flexibility index (Phi) is 36.3. The fourth-order valence-electron chi connectivity index (χ4n) is 15.6. The quantitative estimate of drug-likeness (QED) is 0.00633. The van der Waals surface area contributed by atoms with Crippen LogP contribution in [0.25, 0.3) is 78.6 Å². The monoisotopic (exact) mass is 2040 g/mol. The molecule has 2 heterocycles. The first-order chi connectivity index (χ1) is 69.4. The molecule has 0 aliphatic heterocycles. The number of aromatic nitrogens is 4. The van der Waals surface area contributed by atoms with E-state index in [1.54, 1.807) is 71.7 Å². The third-order valence-corrected chi connectivity index (χ3v) is 27.3. The molecule has 0 radical (unpaired) electrons. The number of carbonyl (C=O) groups is 1. The lowest BCUT2D eigenvalue weighted by molar-refractivity contribution is 0.102. The van der Waals surface area contributed by atoms with Gasteiger partial charge >= 0.3 is 0 Å². The van der Waals surface area contributed by atoms with Gasteiger partial charge in [-0.25, -0.2) is 36.9 Å². The van der Waals surface area contributed by atoms with E-state index >= 15 is 0 Å². The number of phenols is 4. The number of amides is 1. The number of nitrogens with zero attached hydrogens (tertiary/aromatic N) is 3. The Morgan fingerprint density at radius 1 is 0.465 bits per heavy atom. The van der Waals surface area contributed by atoms with Gasteiger partial charge in [0.2, 0.25) is 5.82 Å². The van der Waals surface area contributed by atoms with Crippen LogP contribution in [0.15, 0.2) is 373 Å². The number of aryl methyl sites for hydroxylation is 1. The van der Waals surface area contributed by atoms with Crippen LogP contribution in [0.2, 0.25) is 15.1 Å². The number of aliphatic hydroxyl groups excluding tert-OH is 1. The molecule has 0 aliphatic carbocycles. The van der Waals surface area contributed by atoms with E-state index < -0.39 is 46.3 Å². The lowest BCUT2D eigenvalue weighted by atomic mass is 9.79. The number of thioether (sulfide) groups is 3. The first-order valence-corrected chi connectivity index (χ1v) is 50.5. The van der Waals surface area contributed by atoms with Crippen LogP contribution in [0.1, 0.15) is 114 Å². The zero-order chi connectivity index (χ0) is 102. The van der Waals surface area contributed by atoms with Crippen LogP contribution in [-0.2, 0) is 22.3 Å². The molecule has 2 aromatic heterocycles. The van der Waals surface area contributed by atoms with Crippen molar-refractivity contribution in [2.75, 3.05) is 24.8 Å². The summed E-state index contributed by atoms with van der Waals surface area (Å²) in [7, 11) is 0. The third-order valence-electron chi connectivity index (χ3n) is 23.1. The van der Waals surface area contributed by atoms with Crippen molar-refractivity contribution in [2.24, 2.45) is 4.99 Å². The molecule has 0 fully saturated rings. The van der Waals surface area contributed by atoms with Crippen LogP contribution in [0, 0.1) is 36.0 Å². The molecule has 14 nitrogen and oxygen atoms in total. The summed E-state index contributed by atoms with van der Waals surface area (Å²) in [5.74, 6) is -6.61. The number of ether oxygens (including phenoxy) is 2. The van der Waals surface area contributed by atoms with E-state index in [0.29, 0.717) is 52.3 Å². The van der Waals surface area contributed by atoms with Gasteiger partial charge in [-0.05, 0) is 131 Å². The summed E-state index contributed by atoms with van der Waals surface area (Å²) >= 11 is 23.0. The van der Waals surface area contributed by atoms with E-state index in [1.165, 1.54) is 12.1 Å². The van der Waals surface area contributed by atoms with Gasteiger partial charge < -0.3 is 50.3 Å². The summed E-state index contributed by atoms with van der Waals surface area (Å²) in [4.78, 5) is 35.2. The fraction of sp³-hybridized carbons (Fsp3) is 0.143. The number of anilines is 1. The third kappa shape index (κ3) is 27.0. The Morgan fingerprint density at radius 3 is 1.40 bits per heavy atom. The molecule has 25 heteroatoms. The molecular weight excluding hydrogens is 1940 g/mol. The highest BCUT2D eigenvalue weighted by atomic mass is 35.5. The number of hydrogen-bond acceptors (Lipinski definition) is 14. The highest BCUT2D eigenvalue weighted by Gasteiger charge is 2.30. The van der Waals surface area contributed by atoms with Crippen LogP contribution in [0.4, 0.5) is 33.3 Å². The largest absolute Gasteiger partial charge is 0.507 e. The van der Waals surface area contributed by atoms with Crippen molar-refractivity contribution in [3.05, 3.63) is 452 Å². The van der Waals surface area contributed by atoms with Crippen molar-refractivity contribution in [3.8, 4) is 102 Å². The van der Waals surface area contributed by atoms with Crippen LogP contribution in [0.3, 0.4) is 0 Å². The lowest BCUT2D eigenvalue weighted by Crippen LogP contribution is -2.17. The Labute approximate surface area is 862 Å². The maximum atomic E-state index is 13.8. The average Bonchev–Trinajstić information content (AvgIpc) is 1.65. The van der Waals surface area contributed by atoms with E-state index in [0.717, 1.165) is 140 Å². The number of imidazole rings is 2. The van der Waals surface area contributed by atoms with Gasteiger partial charge in [-0.15, -0.1) is 23.5 Å². The van der Waals surface area contributed by atoms with E-state index in [2.05, 4.69) is 80.9 Å². The number of hydrogen-bond donors (Lipinski definition) is 8. The van der Waals surface area contributed by atoms with Gasteiger partial charge in [0.25, 0.3) is 5.91 Å². The molecule has 2 unspecified atom stereocenters. The van der Waals surface area contributed by atoms with E-state index in [9.17, 15) is 52.3 Å². The summed E-state index contributed by atoms with van der Waals surface area (Å²) in [5.41, 5.74) is 14.9. The minimum absolute atomic E-state index is 0.0229. The van der Waals surface area contributed by atoms with Crippen LogP contribution in [0.5, 0.6) is 34.5 Å². The molecule has 0 bridgehead atoms. The van der Waals surface area contributed by atoms with Crippen LogP contribution in [-0.4, -0.2) is 77.1 Å². The Hall–Kier alpha value is -14.3. The smallest absolute Gasteiger partial charge is 0.259 e. The van der Waals surface area contributed by atoms with Gasteiger partial charge in [-0.3, -0.25) is 4.79 Å². The Balaban J connectivity index is 0.000000152. The van der Waals surface area contributed by atoms with Gasteiger partial charge in [-0.1, -0.05) is 355 Å². The molecule has 0 aliphatic rings. The number of aromatic amines is 2. The number of aliphatic imine (C=N–C) groups is 1. The standard InChI is InChI=1S/C45H36N4O2.C21H17Cl3O2S2.C21H22F5NO.C17H13NO2.C15H16OS/c1-5-18-32(19-6-1)40-41(33-20-7-2-8-21-33)47-44(46-40)36-26-13-15-28-38(36)50-30-17-31-51-39-29-16-14-27-37(39)45-48-42(34-22-9-3-10-23-34)43(49-45)35-24-11-4-12-25-35;1-12-6-13(20(25)16(23)7-12)10-27-18-4-2-3-5-19(18)28-11-14-8-15(22)9-17(24)21(14)26;1-20(2,3)11-7-10(19(28)12(8-11)21(4,5)6)9-27-18-16(25)14(23)13(22)15(24)17(18)26;19-16-11-4-3-9-14(16)17(20)18-15-10-5-7-12-6-1-2-8-13(12)15;1-17-15(13-10-6-3-7-11-13)14(16)12-8-4-2-5-9-12/h1-16,18-29H,17,30-31H2,(H,46,47)(H,48,49);2-9,25-26H,10-11H2,1H3;7-9,28H,1-6H3;1-11,19H,(H,18,20);2-11,14-16H,1H3. The number of nitrogens with one attached hydrogen (secondary N) is 3. The van der Waals surface area contributed by atoms with Gasteiger partial charge in [0.1, 0.15) is 51.8 Å². The normalized spacial score (nSPS) is 11.6. The number of aliphatic hydroxyl groups is 1. The molecule has 732 valence electrons. The van der Waals surface area contributed by atoms with Crippen molar-refractivity contribution in [1.82, 2.24) is 19.9 Å². The number of carbonyl (C=O) groups excluding carboxylic acids is 1. The number of fused-ring (bicyclic) bond motifs is 1. The van der Waals surface area contributed by atoms with E-state index in [-0.39, 0.29) is 55.7 Å². The molecule has 8 N–H and O–H groups in total. The lowest BCUT2D eigenvalue weighted by Gasteiger charge is -2.27. The number of benzene rings is 16. The van der Waals surface area contributed by atoms with Crippen molar-refractivity contribution < 1.29 is 61.8 Å². The van der Waals surface area contributed by atoms with Gasteiger partial charge in [-0.2, -0.15) is 11.8 Å². The summed E-state index contributed by atoms with van der Waals surface area (Å²) in [6.45, 7) is 14.4. The number of H-pyrrole nitrogens is 2. The SMILES string of the molecule is CC(C)(C)c1cc(C=Nc2c(F)c(F)c(F)c(F)c2F)c(O)c(C(C)(C)C)c1.CSC(c1ccccc1)C(O)c1ccccc1.Cc1cc(Cl)c(O)c(CSc2ccccc2SCc2cc(Cl)cc(Cl)c2O)c1.O=C(Nc1cccc2ccccc12)c1ccccc1O.c1ccc(-c2nc(-c3ccccc3OCCCOc3ccccc3-c3nc(-c4ccccc4)c(-c4ccccc4)[nH]3)[nH]c2-c2ccccc2)cc1. The van der Waals surface area contributed by atoms with Crippen LogP contribution >= 0.6 is 70.1 Å². The first kappa shape index (κ1) is 105. The minimum Gasteiger partial charge on any atom is -0.507 e. The number of phenolic OH excluding ortho intramolecular Hbond substituents is 4. The average molecular weight is 2040 g/mol. The second kappa shape index (κ2) is 49.6. The second-order valence-corrected chi connectivity index (χ2v) is 39.6. The van der Waals surface area contributed by atoms with Crippen molar-refractivity contribution in [1.29, 1.82) is 0 Å². The number of halogens is 8. The topological polar surface area (TPSA) is 218 Å². The van der Waals surface area contributed by atoms with Gasteiger partial charge in [0, 0.05) is 94.5 Å². The molecule has 16 aromatic carbocycles. The Morgan fingerprint density at radius 2 is 0.896 bits per heavy atom. The molecular formula is C119H104Cl3F5N6O8S3. The summed E-state index contributed by atoms with van der Waals surface area (Å²) < 4.78 is 80.3. The molecule has 0 saturated heterocycles. The zero-order valence-electron chi connectivity index (χ0n) is 79.9. The number of para-hydroxylation sites is 3. The molecule has 18 rings (SSSR count). The molecule has 2 atom stereocenters. The zero-order valence-corrected chi connectivity index (χ0v) is 84.6. The van der Waals surface area contributed by atoms with Gasteiger partial charge in [0.15, 0.2) is 23.3 Å². The summed E-state index contributed by atoms with van der Waals surface area (Å²) in [6.07, 6.45) is 3.16. The summed E-state index contributed by atoms with van der Waals surface area (Å²) in [6, 6.07) is 116. The molecule has 0 spiro atoms. The molecule has 0 saturated carbocycles. The maximum absolute atomic E-state index is 13.8. The van der Waals surface area contributed by atoms with Crippen molar-refractivity contribution in [3.63, 3.8) is 0 Å². The minimum atomic E-state index is -2.25. The molecule has 144 heavy (non-hydrogen) atoms. The predicted molar refractivity (Wildman–Crippen MR) is 580 cm³/mol. The predicted octanol–water partition coefficient (Wildman–Crippen LogP) is 33.0. The maximum Gasteiger partial charge on any atom is 0.259 e. The van der Waals surface area contributed by atoms with Crippen molar-refractivity contribution in [2.45, 2.75) is 98.4 Å². The number of aromatic hydroxyl groups is 4. The van der Waals surface area contributed by atoms with Crippen LogP contribution < -0.4 is 14.8 Å².